The van der Waals surface area contributed by atoms with Gasteiger partial charge < -0.3 is 16.0 Å². The molecule has 1 saturated heterocycles. The van der Waals surface area contributed by atoms with Gasteiger partial charge in [-0.3, -0.25) is 9.59 Å². The number of hydrogen-bond acceptors (Lipinski definition) is 5. The Labute approximate surface area is 142 Å². The van der Waals surface area contributed by atoms with Crippen molar-refractivity contribution in [2.75, 3.05) is 18.8 Å². The fourth-order valence-corrected chi connectivity index (χ4v) is 3.63. The van der Waals surface area contributed by atoms with E-state index in [0.29, 0.717) is 19.0 Å². The minimum Gasteiger partial charge on any atom is -0.382 e. The molecule has 1 aromatic rings. The van der Waals surface area contributed by atoms with E-state index in [1.54, 1.807) is 0 Å². The number of nitrogen functional groups attached to an aromatic ring is 1. The highest BCUT2D eigenvalue weighted by molar-refractivity contribution is 5.96. The van der Waals surface area contributed by atoms with Crippen molar-refractivity contribution in [2.45, 2.75) is 51.0 Å². The fourth-order valence-electron chi connectivity index (χ4n) is 3.63. The summed E-state index contributed by atoms with van der Waals surface area (Å²) < 4.78 is 0. The highest BCUT2D eigenvalue weighted by Crippen LogP contribution is 2.26. The van der Waals surface area contributed by atoms with Crippen LogP contribution in [0.2, 0.25) is 0 Å². The lowest BCUT2D eigenvalue weighted by molar-refractivity contribution is -0.137. The van der Waals surface area contributed by atoms with E-state index in [9.17, 15) is 9.59 Å². The van der Waals surface area contributed by atoms with Crippen molar-refractivity contribution in [3.05, 3.63) is 18.1 Å². The van der Waals surface area contributed by atoms with Crippen LogP contribution in [0.25, 0.3) is 0 Å². The van der Waals surface area contributed by atoms with E-state index in [1.807, 2.05) is 4.90 Å². The molecule has 2 amide bonds. The summed E-state index contributed by atoms with van der Waals surface area (Å²) in [6, 6.07) is 0.0503. The first kappa shape index (κ1) is 16.7. The molecule has 2 aliphatic rings. The Balaban J connectivity index is 1.49. The van der Waals surface area contributed by atoms with Crippen LogP contribution in [0.3, 0.4) is 0 Å². The molecular weight excluding hydrogens is 306 g/mol. The van der Waals surface area contributed by atoms with E-state index in [-0.39, 0.29) is 29.4 Å². The van der Waals surface area contributed by atoms with Crippen molar-refractivity contribution in [3.8, 4) is 0 Å². The van der Waals surface area contributed by atoms with Gasteiger partial charge in [0.25, 0.3) is 5.91 Å². The average molecular weight is 331 g/mol. The molecule has 7 nitrogen and oxygen atoms in total. The lowest BCUT2D eigenvalue weighted by Crippen LogP contribution is -2.48. The molecule has 7 heteroatoms. The Morgan fingerprint density at radius 1 is 1.04 bits per heavy atom. The number of piperidine rings is 1. The number of nitrogens with zero attached hydrogens (tertiary/aromatic N) is 3. The lowest BCUT2D eigenvalue weighted by atomic mass is 9.87. The van der Waals surface area contributed by atoms with Gasteiger partial charge in [0, 0.05) is 37.4 Å². The largest absolute Gasteiger partial charge is 0.382 e. The summed E-state index contributed by atoms with van der Waals surface area (Å²) >= 11 is 0. The van der Waals surface area contributed by atoms with Gasteiger partial charge in [-0.05, 0) is 25.7 Å². The highest BCUT2D eigenvalue weighted by atomic mass is 16.2. The number of rotatable bonds is 3. The van der Waals surface area contributed by atoms with Crippen LogP contribution >= 0.6 is 0 Å². The number of carbonyl (C=O) groups is 2. The van der Waals surface area contributed by atoms with Crippen LogP contribution in [-0.2, 0) is 4.79 Å². The lowest BCUT2D eigenvalue weighted by Gasteiger charge is -2.35. The molecule has 0 aromatic carbocycles. The van der Waals surface area contributed by atoms with Gasteiger partial charge in [0.2, 0.25) is 5.91 Å². The van der Waals surface area contributed by atoms with Crippen LogP contribution in [0.15, 0.2) is 12.4 Å². The molecule has 2 heterocycles. The predicted molar refractivity (Wildman–Crippen MR) is 90.1 cm³/mol. The number of likely N-dealkylation sites (tertiary alicyclic amines) is 1. The molecule has 1 aliphatic heterocycles. The van der Waals surface area contributed by atoms with Gasteiger partial charge >= 0.3 is 0 Å². The van der Waals surface area contributed by atoms with Gasteiger partial charge in [0.15, 0.2) is 11.5 Å². The molecule has 24 heavy (non-hydrogen) atoms. The summed E-state index contributed by atoms with van der Waals surface area (Å²) in [5.74, 6) is 0.361. The van der Waals surface area contributed by atoms with Crippen molar-refractivity contribution < 1.29 is 9.59 Å². The zero-order chi connectivity index (χ0) is 16.9. The van der Waals surface area contributed by atoms with E-state index in [4.69, 9.17) is 5.73 Å². The Kier molecular flexibility index (Phi) is 5.27. The molecule has 2 fully saturated rings. The molecule has 0 radical (unpaired) electrons. The summed E-state index contributed by atoms with van der Waals surface area (Å²) in [6.07, 6.45) is 10.1. The van der Waals surface area contributed by atoms with E-state index < -0.39 is 0 Å². The third kappa shape index (κ3) is 3.83. The summed E-state index contributed by atoms with van der Waals surface area (Å²) in [5.41, 5.74) is 5.85. The molecule has 0 unspecified atom stereocenters. The Morgan fingerprint density at radius 2 is 1.71 bits per heavy atom. The number of aromatic nitrogens is 2. The maximum absolute atomic E-state index is 12.6. The number of nitrogens with two attached hydrogens (primary N) is 1. The van der Waals surface area contributed by atoms with Crippen LogP contribution in [0.1, 0.15) is 55.4 Å². The topological polar surface area (TPSA) is 101 Å². The minimum absolute atomic E-state index is 0.0503. The highest BCUT2D eigenvalue weighted by Gasteiger charge is 2.29. The van der Waals surface area contributed by atoms with Crippen molar-refractivity contribution in [3.63, 3.8) is 0 Å². The number of carbonyl (C=O) groups excluding carboxylic acids is 2. The maximum atomic E-state index is 12.6. The van der Waals surface area contributed by atoms with Crippen molar-refractivity contribution in [1.29, 1.82) is 0 Å². The Bertz CT molecular complexity index is 592. The normalized spacial score (nSPS) is 19.9. The molecule has 1 aromatic heterocycles. The maximum Gasteiger partial charge on any atom is 0.273 e. The van der Waals surface area contributed by atoms with Crippen molar-refractivity contribution >= 4 is 17.6 Å². The van der Waals surface area contributed by atoms with E-state index in [2.05, 4.69) is 15.3 Å². The summed E-state index contributed by atoms with van der Waals surface area (Å²) in [5, 5.41) is 2.96. The molecular formula is C17H25N5O2. The summed E-state index contributed by atoms with van der Waals surface area (Å²) in [7, 11) is 0. The summed E-state index contributed by atoms with van der Waals surface area (Å²) in [4.78, 5) is 34.6. The van der Waals surface area contributed by atoms with Crippen molar-refractivity contribution in [1.82, 2.24) is 20.2 Å². The first-order valence-corrected chi connectivity index (χ1v) is 8.81. The molecule has 3 N–H and O–H groups in total. The fraction of sp³-hybridized carbons (Fsp3) is 0.647. The SMILES string of the molecule is Nc1nccnc1C(=O)NC1CCN(C(=O)C2CCCCC2)CC1. The average Bonchev–Trinajstić information content (AvgIpc) is 2.63. The quantitative estimate of drug-likeness (QED) is 0.871. The van der Waals surface area contributed by atoms with Crippen LogP contribution in [0.4, 0.5) is 5.82 Å². The molecule has 0 spiro atoms. The Morgan fingerprint density at radius 3 is 2.38 bits per heavy atom. The third-order valence-corrected chi connectivity index (χ3v) is 5.04. The molecule has 130 valence electrons. The van der Waals surface area contributed by atoms with Gasteiger partial charge in [-0.25, -0.2) is 9.97 Å². The zero-order valence-corrected chi connectivity index (χ0v) is 13.9. The van der Waals surface area contributed by atoms with Gasteiger partial charge in [0.05, 0.1) is 0 Å². The van der Waals surface area contributed by atoms with Crippen LogP contribution in [0.5, 0.6) is 0 Å². The van der Waals surface area contributed by atoms with Crippen LogP contribution < -0.4 is 11.1 Å². The first-order valence-electron chi connectivity index (χ1n) is 8.81. The monoisotopic (exact) mass is 331 g/mol. The van der Waals surface area contributed by atoms with Gasteiger partial charge in [-0.15, -0.1) is 0 Å². The van der Waals surface area contributed by atoms with Gasteiger partial charge in [-0.1, -0.05) is 19.3 Å². The number of hydrogen-bond donors (Lipinski definition) is 2. The van der Waals surface area contributed by atoms with Crippen LogP contribution in [-0.4, -0.2) is 45.8 Å². The standard InChI is InChI=1S/C17H25N5O2/c18-15-14(19-8-9-20-15)16(23)21-13-6-10-22(11-7-13)17(24)12-4-2-1-3-5-12/h8-9,12-13H,1-7,10-11H2,(H2,18,20)(H,21,23). The number of nitrogens with one attached hydrogen (secondary N) is 1. The Hall–Kier alpha value is -2.18. The first-order chi connectivity index (χ1) is 11.6. The van der Waals surface area contributed by atoms with E-state index in [0.717, 1.165) is 25.7 Å². The zero-order valence-electron chi connectivity index (χ0n) is 13.9. The third-order valence-electron chi connectivity index (χ3n) is 5.04. The number of amides is 2. The van der Waals surface area contributed by atoms with E-state index in [1.165, 1.54) is 31.7 Å². The minimum atomic E-state index is -0.294. The molecule has 0 bridgehead atoms. The predicted octanol–water partition coefficient (Wildman–Crippen LogP) is 1.36. The summed E-state index contributed by atoms with van der Waals surface area (Å²) in [6.45, 7) is 1.41. The van der Waals surface area contributed by atoms with Crippen molar-refractivity contribution in [2.24, 2.45) is 5.92 Å². The van der Waals surface area contributed by atoms with Gasteiger partial charge in [-0.2, -0.15) is 0 Å². The second-order valence-corrected chi connectivity index (χ2v) is 6.70. The van der Waals surface area contributed by atoms with Crippen LogP contribution in [0, 0.1) is 5.92 Å². The molecule has 0 atom stereocenters. The molecule has 1 saturated carbocycles. The number of anilines is 1. The second kappa shape index (κ2) is 7.59. The molecule has 1 aliphatic carbocycles. The van der Waals surface area contributed by atoms with Gasteiger partial charge in [0.1, 0.15) is 0 Å². The smallest absolute Gasteiger partial charge is 0.273 e. The second-order valence-electron chi connectivity index (χ2n) is 6.70. The molecule has 3 rings (SSSR count). The van der Waals surface area contributed by atoms with E-state index >= 15 is 0 Å².